The van der Waals surface area contributed by atoms with E-state index in [0.29, 0.717) is 34.2 Å². The number of alkyl halides is 3. The van der Waals surface area contributed by atoms with Crippen LogP contribution in [0.2, 0.25) is 5.02 Å². The lowest BCUT2D eigenvalue weighted by molar-refractivity contribution is -0.137. The molecule has 0 spiro atoms. The molecular weight excluding hydrogens is 401 g/mol. The van der Waals surface area contributed by atoms with Crippen molar-refractivity contribution >= 4 is 29.0 Å². The molecule has 1 amide bonds. The highest BCUT2D eigenvalue weighted by molar-refractivity contribution is 6.30. The molecule has 0 atom stereocenters. The fourth-order valence-corrected chi connectivity index (χ4v) is 3.33. The zero-order valence-electron chi connectivity index (χ0n) is 14.9. The van der Waals surface area contributed by atoms with E-state index < -0.39 is 17.6 Å². The van der Waals surface area contributed by atoms with Crippen molar-refractivity contribution in [3.05, 3.63) is 100 Å². The first kappa shape index (κ1) is 19.2. The first-order valence-electron chi connectivity index (χ1n) is 8.74. The van der Waals surface area contributed by atoms with E-state index in [1.54, 1.807) is 47.4 Å². The van der Waals surface area contributed by atoms with Gasteiger partial charge in [-0.15, -0.1) is 0 Å². The average Bonchev–Trinajstić information content (AvgIpc) is 3.06. The van der Waals surface area contributed by atoms with Crippen LogP contribution in [-0.2, 0) is 12.7 Å². The van der Waals surface area contributed by atoms with Gasteiger partial charge in [0.25, 0.3) is 5.91 Å². The van der Waals surface area contributed by atoms with Crippen molar-refractivity contribution in [2.75, 3.05) is 4.90 Å². The van der Waals surface area contributed by atoms with Crippen LogP contribution in [-0.4, -0.2) is 11.7 Å². The SMILES string of the molecule is O=C(N=C1c2ccccc2CN1c1cccc(C(F)(F)F)c1)c1ccc(Cl)cc1. The van der Waals surface area contributed by atoms with Gasteiger partial charge in [-0.3, -0.25) is 4.79 Å². The molecule has 0 unspecified atom stereocenters. The number of anilines is 1. The highest BCUT2D eigenvalue weighted by Gasteiger charge is 2.33. The minimum Gasteiger partial charge on any atom is -0.321 e. The van der Waals surface area contributed by atoms with Crippen LogP contribution in [0.15, 0.2) is 77.8 Å². The Kier molecular flexibility index (Phi) is 4.88. The average molecular weight is 415 g/mol. The molecule has 3 aromatic rings. The second-order valence-electron chi connectivity index (χ2n) is 6.54. The molecule has 4 rings (SSSR count). The van der Waals surface area contributed by atoms with E-state index in [1.807, 2.05) is 12.1 Å². The second kappa shape index (κ2) is 7.37. The molecule has 0 bridgehead atoms. The Morgan fingerprint density at radius 1 is 0.966 bits per heavy atom. The van der Waals surface area contributed by atoms with E-state index in [4.69, 9.17) is 11.6 Å². The Hall–Kier alpha value is -3.12. The standard InChI is InChI=1S/C22H14ClF3N2O/c23-17-10-8-14(9-11-17)21(29)27-20-19-7-2-1-4-15(19)13-28(20)18-6-3-5-16(12-18)22(24,25)26/h1-12H,13H2. The van der Waals surface area contributed by atoms with Gasteiger partial charge in [0.15, 0.2) is 0 Å². The van der Waals surface area contributed by atoms with Crippen molar-refractivity contribution in [3.63, 3.8) is 0 Å². The molecule has 0 aliphatic carbocycles. The van der Waals surface area contributed by atoms with E-state index >= 15 is 0 Å². The van der Waals surface area contributed by atoms with Crippen LogP contribution >= 0.6 is 11.6 Å². The van der Waals surface area contributed by atoms with Gasteiger partial charge in [-0.1, -0.05) is 41.9 Å². The molecular formula is C22H14ClF3N2O. The van der Waals surface area contributed by atoms with Crippen LogP contribution < -0.4 is 4.90 Å². The summed E-state index contributed by atoms with van der Waals surface area (Å²) >= 11 is 5.86. The van der Waals surface area contributed by atoms with Crippen molar-refractivity contribution in [2.45, 2.75) is 12.7 Å². The maximum Gasteiger partial charge on any atom is 0.416 e. The Morgan fingerprint density at radius 3 is 2.41 bits per heavy atom. The molecule has 7 heteroatoms. The molecule has 0 aromatic heterocycles. The summed E-state index contributed by atoms with van der Waals surface area (Å²) in [7, 11) is 0. The Balaban J connectivity index is 1.78. The number of amides is 1. The van der Waals surface area contributed by atoms with E-state index in [-0.39, 0.29) is 0 Å². The van der Waals surface area contributed by atoms with Crippen LogP contribution in [0.4, 0.5) is 18.9 Å². The van der Waals surface area contributed by atoms with Crippen LogP contribution in [0.3, 0.4) is 0 Å². The number of hydrogen-bond acceptors (Lipinski definition) is 1. The first-order chi connectivity index (χ1) is 13.8. The fourth-order valence-electron chi connectivity index (χ4n) is 3.20. The molecule has 0 fully saturated rings. The third kappa shape index (κ3) is 3.89. The summed E-state index contributed by atoms with van der Waals surface area (Å²) in [5.41, 5.74) is 1.50. The minimum atomic E-state index is -4.46. The molecule has 1 heterocycles. The quantitative estimate of drug-likeness (QED) is 0.518. The number of amidine groups is 1. The van der Waals surface area contributed by atoms with Crippen LogP contribution in [0.5, 0.6) is 0 Å². The Labute approximate surface area is 170 Å². The summed E-state index contributed by atoms with van der Waals surface area (Å²) in [6.07, 6.45) is -4.46. The number of rotatable bonds is 2. The highest BCUT2D eigenvalue weighted by Crippen LogP contribution is 2.34. The normalized spacial score (nSPS) is 14.9. The van der Waals surface area contributed by atoms with E-state index in [9.17, 15) is 18.0 Å². The van der Waals surface area contributed by atoms with E-state index in [1.165, 1.54) is 6.07 Å². The predicted octanol–water partition coefficient (Wildman–Crippen LogP) is 5.97. The van der Waals surface area contributed by atoms with Gasteiger partial charge in [0.2, 0.25) is 0 Å². The van der Waals surface area contributed by atoms with E-state index in [2.05, 4.69) is 4.99 Å². The number of nitrogens with zero attached hydrogens (tertiary/aromatic N) is 2. The third-order valence-corrected chi connectivity index (χ3v) is 4.88. The van der Waals surface area contributed by atoms with Crippen molar-refractivity contribution in [1.82, 2.24) is 0 Å². The number of halogens is 4. The zero-order chi connectivity index (χ0) is 20.6. The highest BCUT2D eigenvalue weighted by atomic mass is 35.5. The van der Waals surface area contributed by atoms with E-state index in [0.717, 1.165) is 17.7 Å². The summed E-state index contributed by atoms with van der Waals surface area (Å²) < 4.78 is 39.5. The summed E-state index contributed by atoms with van der Waals surface area (Å²) in [6.45, 7) is 0.324. The Bertz CT molecular complexity index is 1110. The number of carbonyl (C=O) groups is 1. The number of hydrogen-bond donors (Lipinski definition) is 0. The summed E-state index contributed by atoms with van der Waals surface area (Å²) in [5.74, 6) is -0.176. The predicted molar refractivity (Wildman–Crippen MR) is 106 cm³/mol. The largest absolute Gasteiger partial charge is 0.416 e. The van der Waals surface area contributed by atoms with Gasteiger partial charge in [-0.05, 0) is 48.0 Å². The lowest BCUT2D eigenvalue weighted by atomic mass is 10.1. The number of aliphatic imine (C=N–C) groups is 1. The lowest BCUT2D eigenvalue weighted by Crippen LogP contribution is -2.25. The number of benzene rings is 3. The first-order valence-corrected chi connectivity index (χ1v) is 9.12. The molecule has 0 radical (unpaired) electrons. The molecule has 0 saturated heterocycles. The number of carbonyl (C=O) groups excluding carboxylic acids is 1. The smallest absolute Gasteiger partial charge is 0.321 e. The Morgan fingerprint density at radius 2 is 1.69 bits per heavy atom. The summed E-state index contributed by atoms with van der Waals surface area (Å²) in [4.78, 5) is 18.6. The van der Waals surface area contributed by atoms with Crippen LogP contribution in [0, 0.1) is 0 Å². The number of fused-ring (bicyclic) bond motifs is 1. The van der Waals surface area contributed by atoms with Crippen molar-refractivity contribution < 1.29 is 18.0 Å². The van der Waals surface area contributed by atoms with Crippen LogP contribution in [0.1, 0.15) is 27.0 Å². The monoisotopic (exact) mass is 414 g/mol. The van der Waals surface area contributed by atoms with Gasteiger partial charge in [0.1, 0.15) is 5.84 Å². The maximum atomic E-state index is 13.2. The second-order valence-corrected chi connectivity index (χ2v) is 6.98. The topological polar surface area (TPSA) is 32.7 Å². The summed E-state index contributed by atoms with van der Waals surface area (Å²) in [6, 6.07) is 18.6. The van der Waals surface area contributed by atoms with Crippen molar-refractivity contribution in [1.29, 1.82) is 0 Å². The maximum absolute atomic E-state index is 13.2. The van der Waals surface area contributed by atoms with Crippen LogP contribution in [0.25, 0.3) is 0 Å². The summed E-state index contributed by atoms with van der Waals surface area (Å²) in [5, 5.41) is 0.492. The molecule has 1 aliphatic rings. The molecule has 0 saturated carbocycles. The van der Waals surface area contributed by atoms with Gasteiger partial charge in [0, 0.05) is 21.8 Å². The fraction of sp³-hybridized carbons (Fsp3) is 0.0909. The van der Waals surface area contributed by atoms with Gasteiger partial charge in [0.05, 0.1) is 12.1 Å². The van der Waals surface area contributed by atoms with Gasteiger partial charge in [-0.25, -0.2) is 0 Å². The molecule has 1 aliphatic heterocycles. The molecule has 3 nitrogen and oxygen atoms in total. The lowest BCUT2D eigenvalue weighted by Gasteiger charge is -2.20. The van der Waals surface area contributed by atoms with Crippen molar-refractivity contribution in [2.24, 2.45) is 4.99 Å². The van der Waals surface area contributed by atoms with Gasteiger partial charge in [-0.2, -0.15) is 18.2 Å². The molecule has 3 aromatic carbocycles. The third-order valence-electron chi connectivity index (χ3n) is 4.63. The minimum absolute atomic E-state index is 0.318. The zero-order valence-corrected chi connectivity index (χ0v) is 15.7. The molecule has 29 heavy (non-hydrogen) atoms. The molecule has 0 N–H and O–H groups in total. The van der Waals surface area contributed by atoms with Gasteiger partial charge < -0.3 is 4.90 Å². The van der Waals surface area contributed by atoms with Crippen molar-refractivity contribution in [3.8, 4) is 0 Å². The molecule has 146 valence electrons. The van der Waals surface area contributed by atoms with Gasteiger partial charge >= 0.3 is 6.18 Å².